The van der Waals surface area contributed by atoms with E-state index >= 15 is 0 Å². The van der Waals surface area contributed by atoms with Gasteiger partial charge in [0.05, 0.1) is 29.0 Å². The molecule has 0 atom stereocenters. The van der Waals surface area contributed by atoms with Crippen LogP contribution in [-0.4, -0.2) is 27.2 Å². The van der Waals surface area contributed by atoms with Crippen molar-refractivity contribution >= 4 is 22.6 Å². The van der Waals surface area contributed by atoms with Gasteiger partial charge in [-0.25, -0.2) is 4.79 Å². The highest BCUT2D eigenvalue weighted by molar-refractivity contribution is 6.03. The fourth-order valence-electron chi connectivity index (χ4n) is 2.55. The Labute approximate surface area is 120 Å². The lowest BCUT2D eigenvalue weighted by Gasteiger charge is -2.05. The molecule has 2 aromatic rings. The van der Waals surface area contributed by atoms with Crippen molar-refractivity contribution in [2.24, 2.45) is 7.05 Å². The van der Waals surface area contributed by atoms with E-state index in [2.05, 4.69) is 0 Å². The zero-order valence-corrected chi connectivity index (χ0v) is 12.0. The molecule has 0 saturated carbocycles. The third-order valence-electron chi connectivity index (χ3n) is 3.45. The molecule has 21 heavy (non-hydrogen) atoms. The highest BCUT2D eigenvalue weighted by atomic mass is 16.6. The molecular weight excluding hydrogens is 276 g/mol. The quantitative estimate of drug-likeness (QED) is 0.529. The van der Waals surface area contributed by atoms with E-state index in [0.29, 0.717) is 11.1 Å². The Kier molecular flexibility index (Phi) is 3.95. The number of carbonyl (C=O) groups is 1. The first kappa shape index (κ1) is 15.0. The Morgan fingerprint density at radius 2 is 2.14 bits per heavy atom. The van der Waals surface area contributed by atoms with E-state index in [1.54, 1.807) is 33.0 Å². The van der Waals surface area contributed by atoms with Gasteiger partial charge in [-0.2, -0.15) is 0 Å². The number of nitro groups is 1. The zero-order valence-electron chi connectivity index (χ0n) is 12.0. The smallest absolute Gasteiger partial charge is 0.355 e. The number of aliphatic hydroxyl groups excluding tert-OH is 1. The van der Waals surface area contributed by atoms with Crippen molar-refractivity contribution in [2.45, 2.75) is 20.5 Å². The molecule has 0 saturated heterocycles. The number of ether oxygens (including phenoxy) is 1. The standard InChI is InChI=1S/C14H16N2O5/c1-4-21-14(18)13-9(7-17)11-10(15(13)3)6-5-8(2)12(11)16(19)20/h5-6,17H,4,7H2,1-3H3. The molecule has 0 fully saturated rings. The molecule has 0 aliphatic heterocycles. The first-order valence-electron chi connectivity index (χ1n) is 6.47. The van der Waals surface area contributed by atoms with E-state index in [1.807, 2.05) is 0 Å². The van der Waals surface area contributed by atoms with E-state index in [-0.39, 0.29) is 28.9 Å². The summed E-state index contributed by atoms with van der Waals surface area (Å²) in [6.45, 7) is 3.00. The third-order valence-corrected chi connectivity index (χ3v) is 3.45. The summed E-state index contributed by atoms with van der Waals surface area (Å²) in [6.07, 6.45) is 0. The van der Waals surface area contributed by atoms with E-state index in [1.165, 1.54) is 4.57 Å². The number of nitrogens with zero attached hydrogens (tertiary/aromatic N) is 2. The number of aliphatic hydroxyl groups is 1. The van der Waals surface area contributed by atoms with Gasteiger partial charge in [-0.1, -0.05) is 6.07 Å². The summed E-state index contributed by atoms with van der Waals surface area (Å²) in [7, 11) is 1.62. The van der Waals surface area contributed by atoms with Crippen LogP contribution in [0.25, 0.3) is 10.9 Å². The molecule has 1 aromatic carbocycles. The summed E-state index contributed by atoms with van der Waals surface area (Å²) in [5, 5.41) is 21.2. The van der Waals surface area contributed by atoms with E-state index in [9.17, 15) is 20.0 Å². The number of rotatable bonds is 4. The average Bonchev–Trinajstić information content (AvgIpc) is 2.71. The molecule has 1 aromatic heterocycles. The van der Waals surface area contributed by atoms with Crippen LogP contribution in [0, 0.1) is 17.0 Å². The van der Waals surface area contributed by atoms with Crippen LogP contribution in [0.5, 0.6) is 0 Å². The maximum Gasteiger partial charge on any atom is 0.355 e. The van der Waals surface area contributed by atoms with E-state index < -0.39 is 17.5 Å². The van der Waals surface area contributed by atoms with E-state index in [0.717, 1.165) is 0 Å². The molecule has 0 bridgehead atoms. The molecule has 1 heterocycles. The minimum Gasteiger partial charge on any atom is -0.461 e. The first-order valence-corrected chi connectivity index (χ1v) is 6.47. The van der Waals surface area contributed by atoms with Gasteiger partial charge in [0.15, 0.2) is 0 Å². The number of fused-ring (bicyclic) bond motifs is 1. The third kappa shape index (κ3) is 2.25. The van der Waals surface area contributed by atoms with Crippen molar-refractivity contribution < 1.29 is 19.6 Å². The number of hydrogen-bond donors (Lipinski definition) is 1. The Bertz CT molecular complexity index is 733. The molecule has 0 amide bonds. The number of aryl methyl sites for hydroxylation is 2. The van der Waals surface area contributed by atoms with Crippen LogP contribution in [0.1, 0.15) is 28.5 Å². The van der Waals surface area contributed by atoms with Gasteiger partial charge in [-0.3, -0.25) is 10.1 Å². The van der Waals surface area contributed by atoms with Crippen molar-refractivity contribution in [1.29, 1.82) is 0 Å². The van der Waals surface area contributed by atoms with Gasteiger partial charge >= 0.3 is 5.97 Å². The molecule has 0 unspecified atom stereocenters. The van der Waals surface area contributed by atoms with Gasteiger partial charge in [0.1, 0.15) is 5.69 Å². The van der Waals surface area contributed by atoms with Crippen LogP contribution in [0.15, 0.2) is 12.1 Å². The Morgan fingerprint density at radius 3 is 2.67 bits per heavy atom. The molecule has 2 rings (SSSR count). The van der Waals surface area contributed by atoms with Crippen LogP contribution < -0.4 is 0 Å². The number of benzene rings is 1. The number of hydrogen-bond acceptors (Lipinski definition) is 5. The van der Waals surface area contributed by atoms with Crippen LogP contribution in [0.4, 0.5) is 5.69 Å². The van der Waals surface area contributed by atoms with Crippen LogP contribution in [0.2, 0.25) is 0 Å². The minimum absolute atomic E-state index is 0.0947. The van der Waals surface area contributed by atoms with Crippen molar-refractivity contribution in [2.75, 3.05) is 6.61 Å². The van der Waals surface area contributed by atoms with Crippen LogP contribution in [-0.2, 0) is 18.4 Å². The maximum absolute atomic E-state index is 12.1. The number of carbonyl (C=O) groups excluding carboxylic acids is 1. The predicted molar refractivity (Wildman–Crippen MR) is 76.2 cm³/mol. The predicted octanol–water partition coefficient (Wildman–Crippen LogP) is 2.06. The normalized spacial score (nSPS) is 10.9. The van der Waals surface area contributed by atoms with Gasteiger partial charge < -0.3 is 14.4 Å². The number of nitro benzene ring substituents is 1. The molecule has 0 spiro atoms. The Hall–Kier alpha value is -2.41. The molecule has 7 heteroatoms. The summed E-state index contributed by atoms with van der Waals surface area (Å²) >= 11 is 0. The first-order chi connectivity index (χ1) is 9.93. The molecule has 112 valence electrons. The lowest BCUT2D eigenvalue weighted by atomic mass is 10.1. The van der Waals surface area contributed by atoms with Crippen LogP contribution >= 0.6 is 0 Å². The molecule has 1 N–H and O–H groups in total. The number of aromatic nitrogens is 1. The SMILES string of the molecule is CCOC(=O)c1c(CO)c2c([N+](=O)[O-])c(C)ccc2n1C. The molecule has 0 aliphatic carbocycles. The molecular formula is C14H16N2O5. The summed E-state index contributed by atoms with van der Waals surface area (Å²) in [5.41, 5.74) is 1.26. The Morgan fingerprint density at radius 1 is 1.48 bits per heavy atom. The van der Waals surface area contributed by atoms with Crippen molar-refractivity contribution in [3.63, 3.8) is 0 Å². The second kappa shape index (κ2) is 5.53. The van der Waals surface area contributed by atoms with Gasteiger partial charge in [-0.15, -0.1) is 0 Å². The van der Waals surface area contributed by atoms with Crippen LogP contribution in [0.3, 0.4) is 0 Å². The van der Waals surface area contributed by atoms with Gasteiger partial charge in [0, 0.05) is 18.2 Å². The van der Waals surface area contributed by atoms with Crippen molar-refractivity contribution in [3.05, 3.63) is 39.1 Å². The van der Waals surface area contributed by atoms with Gasteiger partial charge in [0.2, 0.25) is 0 Å². The largest absolute Gasteiger partial charge is 0.461 e. The lowest BCUT2D eigenvalue weighted by Crippen LogP contribution is -2.12. The topological polar surface area (TPSA) is 94.6 Å². The summed E-state index contributed by atoms with van der Waals surface area (Å²) in [5.74, 6) is -0.604. The molecule has 7 nitrogen and oxygen atoms in total. The highest BCUT2D eigenvalue weighted by Gasteiger charge is 2.28. The highest BCUT2D eigenvalue weighted by Crippen LogP contribution is 2.35. The monoisotopic (exact) mass is 292 g/mol. The second-order valence-electron chi connectivity index (χ2n) is 4.65. The fourth-order valence-corrected chi connectivity index (χ4v) is 2.55. The minimum atomic E-state index is -0.604. The zero-order chi connectivity index (χ0) is 15.7. The molecule has 0 radical (unpaired) electrons. The van der Waals surface area contributed by atoms with E-state index in [4.69, 9.17) is 4.74 Å². The maximum atomic E-state index is 12.1. The summed E-state index contributed by atoms with van der Waals surface area (Å²) in [4.78, 5) is 22.9. The summed E-state index contributed by atoms with van der Waals surface area (Å²) in [6, 6.07) is 3.32. The fraction of sp³-hybridized carbons (Fsp3) is 0.357. The Balaban J connectivity index is 2.90. The second-order valence-corrected chi connectivity index (χ2v) is 4.65. The average molecular weight is 292 g/mol. The van der Waals surface area contributed by atoms with Gasteiger partial charge in [0.25, 0.3) is 5.69 Å². The molecule has 0 aliphatic rings. The lowest BCUT2D eigenvalue weighted by molar-refractivity contribution is -0.383. The summed E-state index contributed by atoms with van der Waals surface area (Å²) < 4.78 is 6.49. The van der Waals surface area contributed by atoms with Gasteiger partial charge in [-0.05, 0) is 19.9 Å². The van der Waals surface area contributed by atoms with Crippen molar-refractivity contribution in [3.8, 4) is 0 Å². The van der Waals surface area contributed by atoms with Crippen molar-refractivity contribution in [1.82, 2.24) is 4.57 Å². The number of esters is 1.